The molecule has 0 spiro atoms. The highest BCUT2D eigenvalue weighted by molar-refractivity contribution is 5.89. The lowest BCUT2D eigenvalue weighted by Crippen LogP contribution is -2.16. The Morgan fingerprint density at radius 3 is 2.90 bits per heavy atom. The molecule has 1 N–H and O–H groups in total. The highest BCUT2D eigenvalue weighted by atomic mass is 16.5. The van der Waals surface area contributed by atoms with Gasteiger partial charge in [-0.05, 0) is 6.08 Å². The van der Waals surface area contributed by atoms with Crippen molar-refractivity contribution in [3.8, 4) is 0 Å². The lowest BCUT2D eigenvalue weighted by Gasteiger charge is -2.04. The largest absolute Gasteiger partial charge is 0.390 e. The van der Waals surface area contributed by atoms with Crippen LogP contribution in [-0.4, -0.2) is 23.6 Å². The number of aliphatic hydroxyl groups excluding tert-OH is 1. The number of allylic oxidation sites excluding steroid dienone is 1. The van der Waals surface area contributed by atoms with Crippen molar-refractivity contribution in [3.63, 3.8) is 0 Å². The van der Waals surface area contributed by atoms with Gasteiger partial charge in [0.25, 0.3) is 0 Å². The molecule has 2 radical (unpaired) electrons. The summed E-state index contributed by atoms with van der Waals surface area (Å²) in [6, 6.07) is 0. The molecule has 0 saturated carbocycles. The summed E-state index contributed by atoms with van der Waals surface area (Å²) in [6.07, 6.45) is 0.343. The quantitative estimate of drug-likeness (QED) is 0.557. The number of aliphatic hydroxyl groups is 1. The third kappa shape index (κ3) is 4.23. The van der Waals surface area contributed by atoms with Crippen LogP contribution in [0, 0.1) is 7.11 Å². The van der Waals surface area contributed by atoms with Crippen molar-refractivity contribution in [2.75, 3.05) is 6.61 Å². The molecular weight excluding hydrogens is 132 g/mol. The molecule has 10 heavy (non-hydrogen) atoms. The second kappa shape index (κ2) is 5.14. The monoisotopic (exact) mass is 142 g/mol. The molecule has 1 atom stereocenters. The second-order valence-electron chi connectivity index (χ2n) is 1.86. The molecule has 0 amide bonds. The van der Waals surface area contributed by atoms with Gasteiger partial charge >= 0.3 is 0 Å². The van der Waals surface area contributed by atoms with E-state index in [2.05, 4.69) is 18.4 Å². The summed E-state index contributed by atoms with van der Waals surface area (Å²) in [4.78, 5) is 10.5. The SMILES string of the molecule is [CH]OCC(O)CC(=O)C=C. The molecule has 0 bridgehead atoms. The summed E-state index contributed by atoms with van der Waals surface area (Å²) in [5.41, 5.74) is 0. The van der Waals surface area contributed by atoms with Crippen LogP contribution >= 0.6 is 0 Å². The Labute approximate surface area is 60.3 Å². The molecule has 0 aliphatic rings. The molecule has 3 heteroatoms. The van der Waals surface area contributed by atoms with Crippen LogP contribution in [-0.2, 0) is 9.53 Å². The van der Waals surface area contributed by atoms with E-state index in [1.807, 2.05) is 0 Å². The van der Waals surface area contributed by atoms with E-state index in [0.717, 1.165) is 6.08 Å². The normalized spacial score (nSPS) is 12.6. The molecular formula is C7H10O3. The van der Waals surface area contributed by atoms with Gasteiger partial charge in [-0.3, -0.25) is 4.79 Å². The number of hydrogen-bond acceptors (Lipinski definition) is 3. The van der Waals surface area contributed by atoms with E-state index in [-0.39, 0.29) is 18.8 Å². The number of carbonyl (C=O) groups is 1. The fraction of sp³-hybridized carbons (Fsp3) is 0.429. The van der Waals surface area contributed by atoms with Crippen molar-refractivity contribution >= 4 is 5.78 Å². The van der Waals surface area contributed by atoms with Gasteiger partial charge in [0.1, 0.15) is 7.11 Å². The minimum absolute atomic E-state index is 0.0146. The van der Waals surface area contributed by atoms with E-state index in [0.29, 0.717) is 0 Å². The summed E-state index contributed by atoms with van der Waals surface area (Å²) in [6.45, 7) is 3.21. The van der Waals surface area contributed by atoms with Crippen LogP contribution in [0.4, 0.5) is 0 Å². The number of hydrogen-bond donors (Lipinski definition) is 1. The molecule has 56 valence electrons. The van der Waals surface area contributed by atoms with E-state index >= 15 is 0 Å². The van der Waals surface area contributed by atoms with Gasteiger partial charge in [-0.1, -0.05) is 6.58 Å². The van der Waals surface area contributed by atoms with E-state index < -0.39 is 6.10 Å². The van der Waals surface area contributed by atoms with Gasteiger partial charge in [0.15, 0.2) is 5.78 Å². The van der Waals surface area contributed by atoms with Crippen LogP contribution in [0.3, 0.4) is 0 Å². The fourth-order valence-electron chi connectivity index (χ4n) is 0.486. The average molecular weight is 142 g/mol. The van der Waals surface area contributed by atoms with E-state index in [1.54, 1.807) is 0 Å². The van der Waals surface area contributed by atoms with Gasteiger partial charge in [0, 0.05) is 6.42 Å². The van der Waals surface area contributed by atoms with E-state index in [4.69, 9.17) is 5.11 Å². The number of carbonyl (C=O) groups excluding carboxylic acids is 1. The van der Waals surface area contributed by atoms with Crippen LogP contribution in [0.15, 0.2) is 12.7 Å². The van der Waals surface area contributed by atoms with Gasteiger partial charge in [0.2, 0.25) is 0 Å². The molecule has 0 aromatic heterocycles. The predicted octanol–water partition coefficient (Wildman–Crippen LogP) is 0.178. The van der Waals surface area contributed by atoms with E-state index in [1.165, 1.54) is 0 Å². The lowest BCUT2D eigenvalue weighted by molar-refractivity contribution is -0.116. The maximum absolute atomic E-state index is 10.5. The molecule has 3 nitrogen and oxygen atoms in total. The molecule has 0 saturated heterocycles. The topological polar surface area (TPSA) is 46.5 Å². The first-order valence-electron chi connectivity index (χ1n) is 2.85. The Kier molecular flexibility index (Phi) is 4.80. The Morgan fingerprint density at radius 1 is 1.90 bits per heavy atom. The third-order valence-corrected chi connectivity index (χ3v) is 0.953. The van der Waals surface area contributed by atoms with Crippen molar-refractivity contribution in [1.29, 1.82) is 0 Å². The zero-order valence-electron chi connectivity index (χ0n) is 5.62. The molecule has 0 aromatic carbocycles. The Bertz CT molecular complexity index is 120. The van der Waals surface area contributed by atoms with Crippen molar-refractivity contribution in [2.24, 2.45) is 0 Å². The van der Waals surface area contributed by atoms with Crippen molar-refractivity contribution in [2.45, 2.75) is 12.5 Å². The zero-order chi connectivity index (χ0) is 7.98. The van der Waals surface area contributed by atoms with Crippen molar-refractivity contribution in [3.05, 3.63) is 19.8 Å². The van der Waals surface area contributed by atoms with E-state index in [9.17, 15) is 4.79 Å². The van der Waals surface area contributed by atoms with Gasteiger partial charge in [-0.15, -0.1) is 0 Å². The van der Waals surface area contributed by atoms with Crippen LogP contribution in [0.1, 0.15) is 6.42 Å². The van der Waals surface area contributed by atoms with Crippen LogP contribution in [0.2, 0.25) is 0 Å². The van der Waals surface area contributed by atoms with Crippen molar-refractivity contribution in [1.82, 2.24) is 0 Å². The summed E-state index contributed by atoms with van der Waals surface area (Å²) in [7, 11) is 4.65. The zero-order valence-corrected chi connectivity index (χ0v) is 5.62. The molecule has 0 aliphatic carbocycles. The summed E-state index contributed by atoms with van der Waals surface area (Å²) in [5, 5.41) is 8.88. The number of rotatable bonds is 5. The van der Waals surface area contributed by atoms with Gasteiger partial charge in [-0.25, -0.2) is 0 Å². The summed E-state index contributed by atoms with van der Waals surface area (Å²) < 4.78 is 4.11. The molecule has 1 unspecified atom stereocenters. The van der Waals surface area contributed by atoms with Crippen LogP contribution in [0.25, 0.3) is 0 Å². The highest BCUT2D eigenvalue weighted by Crippen LogP contribution is 1.93. The van der Waals surface area contributed by atoms with Crippen LogP contribution < -0.4 is 0 Å². The number of ketones is 1. The smallest absolute Gasteiger partial charge is 0.157 e. The molecule has 0 rings (SSSR count). The minimum Gasteiger partial charge on any atom is -0.390 e. The molecule has 0 fully saturated rings. The first kappa shape index (κ1) is 9.33. The maximum atomic E-state index is 10.5. The maximum Gasteiger partial charge on any atom is 0.157 e. The average Bonchev–Trinajstić information content (AvgIpc) is 1.88. The highest BCUT2D eigenvalue weighted by Gasteiger charge is 2.06. The third-order valence-electron chi connectivity index (χ3n) is 0.953. The van der Waals surface area contributed by atoms with Gasteiger partial charge in [0.05, 0.1) is 12.7 Å². The van der Waals surface area contributed by atoms with Gasteiger partial charge in [-0.2, -0.15) is 0 Å². The first-order valence-corrected chi connectivity index (χ1v) is 2.85. The van der Waals surface area contributed by atoms with Crippen LogP contribution in [0.5, 0.6) is 0 Å². The molecule has 0 aliphatic heterocycles. The van der Waals surface area contributed by atoms with Gasteiger partial charge < -0.3 is 9.84 Å². The first-order chi connectivity index (χ1) is 4.70. The summed E-state index contributed by atoms with van der Waals surface area (Å²) >= 11 is 0. The Balaban J connectivity index is 3.46. The second-order valence-corrected chi connectivity index (χ2v) is 1.86. The van der Waals surface area contributed by atoms with Crippen molar-refractivity contribution < 1.29 is 14.6 Å². The molecule has 0 aromatic rings. The fourth-order valence-corrected chi connectivity index (χ4v) is 0.486. The Morgan fingerprint density at radius 2 is 2.50 bits per heavy atom. The minimum atomic E-state index is -0.824. The lowest BCUT2D eigenvalue weighted by atomic mass is 10.2. The standard InChI is InChI=1S/C7H10O3/c1-3-6(8)4-7(9)5-10-2/h2-3,7,9H,1,4-5H2. The number of ether oxygens (including phenoxy) is 1. The Hall–Kier alpha value is -0.670. The summed E-state index contributed by atoms with van der Waals surface area (Å²) in [5.74, 6) is -0.218. The molecule has 0 heterocycles. The predicted molar refractivity (Wildman–Crippen MR) is 36.1 cm³/mol.